The summed E-state index contributed by atoms with van der Waals surface area (Å²) in [5, 5.41) is 10.9. The summed E-state index contributed by atoms with van der Waals surface area (Å²) in [6, 6.07) is 32.7. The molecule has 0 unspecified atom stereocenters. The van der Waals surface area contributed by atoms with Crippen molar-refractivity contribution in [3.63, 3.8) is 0 Å². The van der Waals surface area contributed by atoms with Crippen LogP contribution in [-0.4, -0.2) is 10.9 Å². The molecule has 0 bridgehead atoms. The second kappa shape index (κ2) is 9.94. The van der Waals surface area contributed by atoms with E-state index in [-0.39, 0.29) is 5.69 Å². The highest BCUT2D eigenvalue weighted by Crippen LogP contribution is 2.33. The van der Waals surface area contributed by atoms with Crippen molar-refractivity contribution in [3.05, 3.63) is 136 Å². The summed E-state index contributed by atoms with van der Waals surface area (Å²) >= 11 is 1.36. The summed E-state index contributed by atoms with van der Waals surface area (Å²) in [4.78, 5) is 25.2. The Morgan fingerprint density at radius 2 is 1.28 bits per heavy atom. The molecule has 158 valence electrons. The van der Waals surface area contributed by atoms with E-state index < -0.39 is 17.0 Å². The molecule has 0 fully saturated rings. The van der Waals surface area contributed by atoms with Gasteiger partial charge in [0.05, 0.1) is 10.5 Å². The molecule has 6 heteroatoms. The lowest BCUT2D eigenvalue weighted by Crippen LogP contribution is -2.13. The van der Waals surface area contributed by atoms with Crippen LogP contribution in [-0.2, 0) is 4.74 Å². The fourth-order valence-corrected chi connectivity index (χ4v) is 4.18. The monoisotopic (exact) mass is 441 g/mol. The summed E-state index contributed by atoms with van der Waals surface area (Å²) in [5.41, 5.74) is 2.23. The molecule has 4 aromatic carbocycles. The molecule has 32 heavy (non-hydrogen) atoms. The maximum absolute atomic E-state index is 13.2. The Morgan fingerprint density at radius 3 is 1.84 bits per heavy atom. The van der Waals surface area contributed by atoms with E-state index in [1.54, 1.807) is 24.3 Å². The third-order valence-corrected chi connectivity index (χ3v) is 5.90. The van der Waals surface area contributed by atoms with Crippen molar-refractivity contribution in [2.45, 2.75) is 15.9 Å². The van der Waals surface area contributed by atoms with Crippen LogP contribution in [0.5, 0.6) is 0 Å². The molecule has 4 aromatic rings. The van der Waals surface area contributed by atoms with Gasteiger partial charge in [0.2, 0.25) is 0 Å². The Balaban J connectivity index is 1.60. The van der Waals surface area contributed by atoms with Crippen LogP contribution in [0.25, 0.3) is 0 Å². The largest absolute Gasteiger partial charge is 0.449 e. The molecule has 0 atom stereocenters. The van der Waals surface area contributed by atoms with Gasteiger partial charge < -0.3 is 4.74 Å². The van der Waals surface area contributed by atoms with Gasteiger partial charge >= 0.3 is 5.97 Å². The minimum absolute atomic E-state index is 0.0237. The summed E-state index contributed by atoms with van der Waals surface area (Å²) < 4.78 is 6.00. The molecule has 0 spiro atoms. The van der Waals surface area contributed by atoms with Crippen LogP contribution in [0.4, 0.5) is 5.69 Å². The van der Waals surface area contributed by atoms with Crippen LogP contribution in [0.1, 0.15) is 27.6 Å². The van der Waals surface area contributed by atoms with Crippen molar-refractivity contribution in [2.75, 3.05) is 0 Å². The van der Waals surface area contributed by atoms with Crippen LogP contribution in [0.3, 0.4) is 0 Å². The minimum Gasteiger partial charge on any atom is -0.449 e. The van der Waals surface area contributed by atoms with E-state index in [1.807, 2.05) is 72.8 Å². The topological polar surface area (TPSA) is 69.4 Å². The minimum atomic E-state index is -0.540. The second-order valence-corrected chi connectivity index (χ2v) is 8.07. The number of carbonyl (C=O) groups is 1. The lowest BCUT2D eigenvalue weighted by atomic mass is 10.0. The number of esters is 1. The third-order valence-electron chi connectivity index (χ3n) is 4.81. The Bertz CT molecular complexity index is 1170. The van der Waals surface area contributed by atoms with Gasteiger partial charge in [0.15, 0.2) is 6.10 Å². The molecule has 0 aliphatic heterocycles. The number of carbonyl (C=O) groups excluding carboxylic acids is 1. The van der Waals surface area contributed by atoms with E-state index in [1.165, 1.54) is 23.9 Å². The molecule has 0 saturated heterocycles. The fourth-order valence-electron chi connectivity index (χ4n) is 3.24. The lowest BCUT2D eigenvalue weighted by Gasteiger charge is -2.20. The molecule has 4 rings (SSSR count). The Morgan fingerprint density at radius 1 is 0.750 bits per heavy atom. The quantitative estimate of drug-likeness (QED) is 0.181. The number of non-ortho nitro benzene ring substituents is 1. The van der Waals surface area contributed by atoms with Crippen LogP contribution in [0, 0.1) is 10.1 Å². The van der Waals surface area contributed by atoms with E-state index in [9.17, 15) is 14.9 Å². The molecular weight excluding hydrogens is 422 g/mol. The van der Waals surface area contributed by atoms with Crippen molar-refractivity contribution in [3.8, 4) is 0 Å². The standard InChI is InChI=1S/C26H19NO4S/c28-26(31-25(19-9-3-1-4-10-19)20-11-5-2-6-12-20)23-13-7-8-14-24(23)32-22-17-15-21(16-18-22)27(29)30/h1-18,25H. The van der Waals surface area contributed by atoms with Gasteiger partial charge in [-0.15, -0.1) is 0 Å². The van der Waals surface area contributed by atoms with E-state index in [0.717, 1.165) is 16.0 Å². The van der Waals surface area contributed by atoms with Gasteiger partial charge in [-0.1, -0.05) is 84.6 Å². The molecule has 0 aliphatic rings. The number of benzene rings is 4. The fraction of sp³-hybridized carbons (Fsp3) is 0.0385. The highest BCUT2D eigenvalue weighted by atomic mass is 32.2. The molecule has 0 heterocycles. The molecule has 0 radical (unpaired) electrons. The van der Waals surface area contributed by atoms with Gasteiger partial charge in [0.25, 0.3) is 5.69 Å². The highest BCUT2D eigenvalue weighted by molar-refractivity contribution is 7.99. The highest BCUT2D eigenvalue weighted by Gasteiger charge is 2.22. The average Bonchev–Trinajstić information content (AvgIpc) is 2.84. The van der Waals surface area contributed by atoms with E-state index in [2.05, 4.69) is 0 Å². The molecule has 0 N–H and O–H groups in total. The zero-order valence-electron chi connectivity index (χ0n) is 17.0. The molecule has 0 aromatic heterocycles. The van der Waals surface area contributed by atoms with Crippen molar-refractivity contribution in [1.29, 1.82) is 0 Å². The van der Waals surface area contributed by atoms with Gasteiger partial charge in [-0.05, 0) is 35.4 Å². The first-order chi connectivity index (χ1) is 15.6. The van der Waals surface area contributed by atoms with Crippen LogP contribution in [0.2, 0.25) is 0 Å². The molecule has 5 nitrogen and oxygen atoms in total. The van der Waals surface area contributed by atoms with E-state index in [4.69, 9.17) is 4.74 Å². The normalized spacial score (nSPS) is 10.7. The summed E-state index contributed by atoms with van der Waals surface area (Å²) in [5.74, 6) is -0.437. The first kappa shape index (κ1) is 21.3. The van der Waals surface area contributed by atoms with Crippen molar-refractivity contribution in [1.82, 2.24) is 0 Å². The Hall–Kier alpha value is -3.90. The first-order valence-corrected chi connectivity index (χ1v) is 10.8. The molecule has 0 aliphatic carbocycles. The van der Waals surface area contributed by atoms with Gasteiger partial charge in [0.1, 0.15) is 0 Å². The Kier molecular flexibility index (Phi) is 6.63. The number of ether oxygens (including phenoxy) is 1. The summed E-state index contributed by atoms with van der Waals surface area (Å²) in [7, 11) is 0. The molecular formula is C26H19NO4S. The maximum Gasteiger partial charge on any atom is 0.340 e. The summed E-state index contributed by atoms with van der Waals surface area (Å²) in [6.45, 7) is 0. The lowest BCUT2D eigenvalue weighted by molar-refractivity contribution is -0.384. The number of hydrogen-bond donors (Lipinski definition) is 0. The number of nitrogens with zero attached hydrogens (tertiary/aromatic N) is 1. The Labute approximate surface area is 189 Å². The van der Waals surface area contributed by atoms with Crippen LogP contribution < -0.4 is 0 Å². The number of nitro groups is 1. The van der Waals surface area contributed by atoms with Crippen molar-refractivity contribution in [2.24, 2.45) is 0 Å². The van der Waals surface area contributed by atoms with E-state index >= 15 is 0 Å². The van der Waals surface area contributed by atoms with Crippen molar-refractivity contribution < 1.29 is 14.5 Å². The zero-order chi connectivity index (χ0) is 22.3. The van der Waals surface area contributed by atoms with Gasteiger partial charge in [0, 0.05) is 21.9 Å². The second-order valence-electron chi connectivity index (χ2n) is 6.96. The van der Waals surface area contributed by atoms with Gasteiger partial charge in [-0.2, -0.15) is 0 Å². The number of nitro benzene ring substituents is 1. The van der Waals surface area contributed by atoms with E-state index in [0.29, 0.717) is 10.5 Å². The van der Waals surface area contributed by atoms with Gasteiger partial charge in [-0.25, -0.2) is 4.79 Å². The van der Waals surface area contributed by atoms with Gasteiger partial charge in [-0.3, -0.25) is 10.1 Å². The third kappa shape index (κ3) is 5.04. The predicted octanol–water partition coefficient (Wildman–Crippen LogP) is 6.69. The first-order valence-electron chi connectivity index (χ1n) is 9.94. The number of rotatable bonds is 7. The van der Waals surface area contributed by atoms with Crippen LogP contribution >= 0.6 is 11.8 Å². The molecule has 0 amide bonds. The maximum atomic E-state index is 13.2. The summed E-state index contributed by atoms with van der Waals surface area (Å²) in [6.07, 6.45) is -0.540. The van der Waals surface area contributed by atoms with Crippen molar-refractivity contribution >= 4 is 23.4 Å². The smallest absolute Gasteiger partial charge is 0.340 e. The predicted molar refractivity (Wildman–Crippen MR) is 124 cm³/mol. The van der Waals surface area contributed by atoms with Crippen LogP contribution in [0.15, 0.2) is 119 Å². The number of hydrogen-bond acceptors (Lipinski definition) is 5. The SMILES string of the molecule is O=C(OC(c1ccccc1)c1ccccc1)c1ccccc1Sc1ccc([N+](=O)[O-])cc1. The zero-order valence-corrected chi connectivity index (χ0v) is 17.8. The molecule has 0 saturated carbocycles. The average molecular weight is 442 g/mol.